The minimum absolute atomic E-state index is 0.0230. The number of aromatic nitrogens is 1. The number of pyridine rings is 1. The molecule has 19 heavy (non-hydrogen) atoms. The van der Waals surface area contributed by atoms with Crippen LogP contribution in [0.25, 0.3) is 0 Å². The monoisotopic (exact) mass is 283 g/mol. The number of halogens is 1. The maximum Gasteiger partial charge on any atom is 0.358 e. The lowest BCUT2D eigenvalue weighted by molar-refractivity contribution is 0.0592. The van der Waals surface area contributed by atoms with Gasteiger partial charge in [-0.05, 0) is 13.0 Å². The number of hydrogen-bond donors (Lipinski definition) is 1. The lowest BCUT2D eigenvalue weighted by Gasteiger charge is -2.11. The Hall–Kier alpha value is -1.82. The molecular formula is C12H14ClN3O3. The van der Waals surface area contributed by atoms with Gasteiger partial charge in [0.15, 0.2) is 5.69 Å². The molecule has 6 nitrogen and oxygen atoms in total. The molecule has 1 unspecified atom stereocenters. The van der Waals surface area contributed by atoms with E-state index >= 15 is 0 Å². The Kier molecular flexibility index (Phi) is 3.90. The van der Waals surface area contributed by atoms with Gasteiger partial charge in [-0.3, -0.25) is 0 Å². The van der Waals surface area contributed by atoms with Crippen molar-refractivity contribution in [3.8, 4) is 0 Å². The molecule has 1 aliphatic heterocycles. The van der Waals surface area contributed by atoms with Crippen molar-refractivity contribution in [1.82, 2.24) is 4.98 Å². The standard InChI is InChI=1S/C12H14ClN3O3/c1-6-3-8(19-16-6)4-7-5-9(14)10(13)11(15-7)12(17)18-2/h5,8H,3-4H2,1-2H3,(H2,14,15). The molecule has 2 N–H and O–H groups in total. The predicted octanol–water partition coefficient (Wildman–Crippen LogP) is 1.81. The summed E-state index contributed by atoms with van der Waals surface area (Å²) in [6, 6.07) is 1.63. The molecule has 0 aliphatic carbocycles. The van der Waals surface area contributed by atoms with Crippen molar-refractivity contribution in [1.29, 1.82) is 0 Å². The fraction of sp³-hybridized carbons (Fsp3) is 0.417. The summed E-state index contributed by atoms with van der Waals surface area (Å²) in [7, 11) is 1.26. The number of rotatable bonds is 3. The van der Waals surface area contributed by atoms with Crippen molar-refractivity contribution < 1.29 is 14.4 Å². The number of anilines is 1. The number of nitrogens with two attached hydrogens (primary N) is 1. The van der Waals surface area contributed by atoms with Gasteiger partial charge in [0.2, 0.25) is 0 Å². The van der Waals surface area contributed by atoms with Gasteiger partial charge < -0.3 is 15.3 Å². The fourth-order valence-corrected chi connectivity index (χ4v) is 2.03. The molecule has 0 saturated heterocycles. The Bertz CT molecular complexity index is 545. The van der Waals surface area contributed by atoms with Crippen molar-refractivity contribution in [2.45, 2.75) is 25.9 Å². The first-order chi connectivity index (χ1) is 9.01. The van der Waals surface area contributed by atoms with Crippen molar-refractivity contribution >= 4 is 29.0 Å². The van der Waals surface area contributed by atoms with E-state index in [0.717, 1.165) is 12.1 Å². The molecule has 1 aliphatic rings. The molecule has 0 fully saturated rings. The van der Waals surface area contributed by atoms with E-state index in [1.165, 1.54) is 7.11 Å². The first-order valence-electron chi connectivity index (χ1n) is 5.73. The highest BCUT2D eigenvalue weighted by Crippen LogP contribution is 2.25. The fourth-order valence-electron chi connectivity index (χ4n) is 1.85. The number of methoxy groups -OCH3 is 1. The normalized spacial score (nSPS) is 17.8. The maximum atomic E-state index is 11.5. The minimum Gasteiger partial charge on any atom is -0.464 e. The lowest BCUT2D eigenvalue weighted by Crippen LogP contribution is -2.15. The van der Waals surface area contributed by atoms with Gasteiger partial charge in [-0.2, -0.15) is 0 Å². The number of hydrogen-bond acceptors (Lipinski definition) is 6. The topological polar surface area (TPSA) is 86.8 Å². The smallest absolute Gasteiger partial charge is 0.358 e. The van der Waals surface area contributed by atoms with E-state index in [2.05, 4.69) is 14.9 Å². The van der Waals surface area contributed by atoms with Crippen LogP contribution in [0.1, 0.15) is 29.5 Å². The number of esters is 1. The highest BCUT2D eigenvalue weighted by molar-refractivity contribution is 6.35. The molecule has 2 rings (SSSR count). The molecule has 1 atom stereocenters. The molecule has 1 aromatic heterocycles. The average molecular weight is 284 g/mol. The summed E-state index contributed by atoms with van der Waals surface area (Å²) in [6.45, 7) is 1.89. The summed E-state index contributed by atoms with van der Waals surface area (Å²) in [4.78, 5) is 20.9. The molecule has 0 aromatic carbocycles. The predicted molar refractivity (Wildman–Crippen MR) is 71.3 cm³/mol. The van der Waals surface area contributed by atoms with Crippen LogP contribution in [0.15, 0.2) is 11.2 Å². The third kappa shape index (κ3) is 2.96. The second-order valence-corrected chi connectivity index (χ2v) is 4.70. The van der Waals surface area contributed by atoms with Crippen LogP contribution in [0.3, 0.4) is 0 Å². The van der Waals surface area contributed by atoms with E-state index in [1.807, 2.05) is 6.92 Å². The Morgan fingerprint density at radius 3 is 3.00 bits per heavy atom. The van der Waals surface area contributed by atoms with Gasteiger partial charge in [-0.1, -0.05) is 16.8 Å². The van der Waals surface area contributed by atoms with Gasteiger partial charge in [0.05, 0.1) is 23.5 Å². The summed E-state index contributed by atoms with van der Waals surface area (Å²) in [6.07, 6.45) is 1.16. The molecule has 0 saturated carbocycles. The zero-order chi connectivity index (χ0) is 14.0. The largest absolute Gasteiger partial charge is 0.464 e. The minimum atomic E-state index is -0.613. The second kappa shape index (κ2) is 5.44. The summed E-state index contributed by atoms with van der Waals surface area (Å²) in [5.41, 5.74) is 7.64. The van der Waals surface area contributed by atoms with E-state index in [0.29, 0.717) is 17.8 Å². The number of nitrogens with zero attached hydrogens (tertiary/aromatic N) is 2. The van der Waals surface area contributed by atoms with Gasteiger partial charge in [0.25, 0.3) is 0 Å². The Balaban J connectivity index is 2.22. The summed E-state index contributed by atoms with van der Waals surface area (Å²) >= 11 is 5.94. The number of ether oxygens (including phenoxy) is 1. The van der Waals surface area contributed by atoms with E-state index in [1.54, 1.807) is 6.07 Å². The highest BCUT2D eigenvalue weighted by Gasteiger charge is 2.22. The van der Waals surface area contributed by atoms with Gasteiger partial charge in [0, 0.05) is 18.5 Å². The van der Waals surface area contributed by atoms with Crippen LogP contribution in [0.2, 0.25) is 5.02 Å². The first-order valence-corrected chi connectivity index (χ1v) is 6.11. The van der Waals surface area contributed by atoms with E-state index in [9.17, 15) is 4.79 Å². The first kappa shape index (κ1) is 13.6. The number of carbonyl (C=O) groups is 1. The molecule has 2 heterocycles. The second-order valence-electron chi connectivity index (χ2n) is 4.32. The molecule has 7 heteroatoms. The van der Waals surface area contributed by atoms with Crippen LogP contribution in [0.4, 0.5) is 5.69 Å². The summed E-state index contributed by atoms with van der Waals surface area (Å²) in [5, 5.41) is 3.97. The number of oxime groups is 1. The number of carbonyl (C=O) groups excluding carboxylic acids is 1. The zero-order valence-corrected chi connectivity index (χ0v) is 11.4. The maximum absolute atomic E-state index is 11.5. The quantitative estimate of drug-likeness (QED) is 0.855. The van der Waals surface area contributed by atoms with Crippen LogP contribution < -0.4 is 5.73 Å². The van der Waals surface area contributed by atoms with Crippen molar-refractivity contribution in [2.75, 3.05) is 12.8 Å². The van der Waals surface area contributed by atoms with Crippen LogP contribution in [0, 0.1) is 0 Å². The zero-order valence-electron chi connectivity index (χ0n) is 10.6. The van der Waals surface area contributed by atoms with Crippen molar-refractivity contribution in [3.63, 3.8) is 0 Å². The Labute approximate surface area is 115 Å². The van der Waals surface area contributed by atoms with Gasteiger partial charge in [-0.25, -0.2) is 9.78 Å². The highest BCUT2D eigenvalue weighted by atomic mass is 35.5. The third-order valence-electron chi connectivity index (χ3n) is 2.74. The molecule has 0 bridgehead atoms. The molecule has 0 amide bonds. The summed E-state index contributed by atoms with van der Waals surface area (Å²) in [5.74, 6) is -0.613. The Morgan fingerprint density at radius 1 is 1.68 bits per heavy atom. The Morgan fingerprint density at radius 2 is 2.42 bits per heavy atom. The number of nitrogen functional groups attached to an aromatic ring is 1. The van der Waals surface area contributed by atoms with E-state index < -0.39 is 5.97 Å². The summed E-state index contributed by atoms with van der Waals surface area (Å²) < 4.78 is 4.62. The van der Waals surface area contributed by atoms with Crippen molar-refractivity contribution in [2.24, 2.45) is 5.16 Å². The van der Waals surface area contributed by atoms with Crippen LogP contribution in [-0.2, 0) is 16.0 Å². The van der Waals surface area contributed by atoms with Crippen LogP contribution in [-0.4, -0.2) is 29.9 Å². The van der Waals surface area contributed by atoms with Crippen LogP contribution in [0.5, 0.6) is 0 Å². The molecule has 0 radical (unpaired) electrons. The SMILES string of the molecule is COC(=O)c1nc(CC2CC(C)=NO2)cc(N)c1Cl. The van der Waals surface area contributed by atoms with E-state index in [4.69, 9.17) is 22.2 Å². The molecule has 102 valence electrons. The lowest BCUT2D eigenvalue weighted by atomic mass is 10.1. The van der Waals surface area contributed by atoms with Gasteiger partial charge in [-0.15, -0.1) is 0 Å². The van der Waals surface area contributed by atoms with Gasteiger partial charge >= 0.3 is 5.97 Å². The molecular weight excluding hydrogens is 270 g/mol. The third-order valence-corrected chi connectivity index (χ3v) is 3.13. The molecule has 0 spiro atoms. The van der Waals surface area contributed by atoms with E-state index in [-0.39, 0.29) is 16.8 Å². The van der Waals surface area contributed by atoms with Crippen LogP contribution >= 0.6 is 11.6 Å². The van der Waals surface area contributed by atoms with Crippen molar-refractivity contribution in [3.05, 3.63) is 22.5 Å². The molecule has 1 aromatic rings. The van der Waals surface area contributed by atoms with Gasteiger partial charge in [0.1, 0.15) is 6.10 Å². The average Bonchev–Trinajstić information content (AvgIpc) is 2.78.